The Labute approximate surface area is 210 Å². The van der Waals surface area contributed by atoms with Gasteiger partial charge in [0.2, 0.25) is 0 Å². The third kappa shape index (κ3) is 83.4. The Balaban J connectivity index is -0.0000000474. The summed E-state index contributed by atoms with van der Waals surface area (Å²) in [5, 5.41) is 0. The van der Waals surface area contributed by atoms with Gasteiger partial charge in [-0.3, -0.25) is 0 Å². The minimum atomic E-state index is 0. The molecular formula is C20H36LiO4Sm+. The van der Waals surface area contributed by atoms with Gasteiger partial charge < -0.3 is 18.9 Å². The van der Waals surface area contributed by atoms with E-state index in [0.29, 0.717) is 0 Å². The number of rotatable bonds is 0. The molecule has 0 unspecified atom stereocenters. The van der Waals surface area contributed by atoms with Gasteiger partial charge in [0, 0.05) is 40.4 Å². The van der Waals surface area contributed by atoms with Crippen LogP contribution in [-0.2, 0) is 18.9 Å². The zero-order valence-corrected chi connectivity index (χ0v) is 19.3. The normalized spacial score (nSPS) is 13.8. The Bertz CT molecular complexity index is 105. The Morgan fingerprint density at radius 2 is 0.462 bits per heavy atom. The molecule has 6 heteroatoms. The molecule has 0 N–H and O–H groups in total. The first-order valence-corrected chi connectivity index (χ1v) is 7.58. The molecule has 0 saturated carbocycles. The zero-order chi connectivity index (χ0) is 19.3. The SMILES string of the molecule is C1COCCO1.C1COCCO1.[CH2][CH][CH2].[CH2][CH][CH2].[CH2][CH][CH2].[CH2][CH][CH2].[Li+].[Sm]. The summed E-state index contributed by atoms with van der Waals surface area (Å²) in [5.74, 6) is 0. The van der Waals surface area contributed by atoms with Crippen LogP contribution in [0.4, 0.5) is 0 Å². The zero-order valence-electron chi connectivity index (χ0n) is 16.7. The summed E-state index contributed by atoms with van der Waals surface area (Å²) in [6, 6.07) is 0. The van der Waals surface area contributed by atoms with E-state index in [1.165, 1.54) is 25.7 Å². The molecule has 4 nitrogen and oxygen atoms in total. The van der Waals surface area contributed by atoms with Crippen LogP contribution in [0.15, 0.2) is 0 Å². The van der Waals surface area contributed by atoms with Crippen LogP contribution in [0.5, 0.6) is 0 Å². The summed E-state index contributed by atoms with van der Waals surface area (Å²) in [7, 11) is 0. The van der Waals surface area contributed by atoms with E-state index in [9.17, 15) is 0 Å². The van der Waals surface area contributed by atoms with Gasteiger partial charge in [0.25, 0.3) is 0 Å². The molecule has 0 aromatic carbocycles. The topological polar surface area (TPSA) is 36.9 Å². The smallest absolute Gasteiger partial charge is 0.377 e. The van der Waals surface area contributed by atoms with Gasteiger partial charge in [0.15, 0.2) is 0 Å². The molecule has 2 heterocycles. The van der Waals surface area contributed by atoms with Crippen LogP contribution >= 0.6 is 0 Å². The largest absolute Gasteiger partial charge is 1.00 e. The molecule has 0 bridgehead atoms. The van der Waals surface area contributed by atoms with Crippen molar-refractivity contribution in [2.75, 3.05) is 52.9 Å². The van der Waals surface area contributed by atoms with Crippen molar-refractivity contribution in [1.29, 1.82) is 0 Å². The summed E-state index contributed by atoms with van der Waals surface area (Å²) in [4.78, 5) is 0. The van der Waals surface area contributed by atoms with Crippen LogP contribution in [0.2, 0.25) is 0 Å². The van der Waals surface area contributed by atoms with E-state index in [0.717, 1.165) is 52.9 Å². The van der Waals surface area contributed by atoms with Gasteiger partial charge in [-0.1, -0.05) is 0 Å². The summed E-state index contributed by atoms with van der Waals surface area (Å²) >= 11 is 0. The average molecular weight is 498 g/mol. The summed E-state index contributed by atoms with van der Waals surface area (Å²) in [6.07, 6.45) is 6.00. The van der Waals surface area contributed by atoms with Crippen molar-refractivity contribution < 1.29 is 78.2 Å². The van der Waals surface area contributed by atoms with E-state index < -0.39 is 0 Å². The van der Waals surface area contributed by atoms with Gasteiger partial charge in [0.05, 0.1) is 52.9 Å². The fraction of sp³-hybridized carbons (Fsp3) is 0.400. The van der Waals surface area contributed by atoms with E-state index >= 15 is 0 Å². The molecule has 2 rings (SSSR count). The second-order valence-electron chi connectivity index (χ2n) is 3.60. The molecule has 2 aliphatic heterocycles. The molecule has 2 saturated heterocycles. The predicted octanol–water partition coefficient (Wildman–Crippen LogP) is 0.506. The maximum Gasteiger partial charge on any atom is 1.00 e. The molecule has 0 spiro atoms. The Morgan fingerprint density at radius 1 is 0.385 bits per heavy atom. The van der Waals surface area contributed by atoms with Crippen LogP contribution in [0, 0.1) is 121 Å². The second kappa shape index (κ2) is 56.3. The molecule has 0 atom stereocenters. The minimum absolute atomic E-state index is 0. The summed E-state index contributed by atoms with van der Waals surface area (Å²) in [6.45, 7) is 32.2. The first-order chi connectivity index (χ1) is 11.7. The Kier molecular flexibility index (Phi) is 90.9. The van der Waals surface area contributed by atoms with Crippen molar-refractivity contribution in [2.24, 2.45) is 0 Å². The average Bonchev–Trinajstić information content (AvgIpc) is 2.61. The second-order valence-corrected chi connectivity index (χ2v) is 3.60. The van der Waals surface area contributed by atoms with Gasteiger partial charge in [-0.25, -0.2) is 0 Å². The van der Waals surface area contributed by atoms with Gasteiger partial charge in [-0.05, 0) is 81.1 Å². The molecule has 0 amide bonds. The van der Waals surface area contributed by atoms with Gasteiger partial charge >= 0.3 is 18.9 Å². The molecule has 2 fully saturated rings. The number of hydrogen-bond acceptors (Lipinski definition) is 4. The van der Waals surface area contributed by atoms with Gasteiger partial charge in [-0.15, -0.1) is 0 Å². The van der Waals surface area contributed by atoms with Crippen LogP contribution in [-0.4, -0.2) is 52.9 Å². The van der Waals surface area contributed by atoms with E-state index in [4.69, 9.17) is 18.9 Å². The Morgan fingerprint density at radius 3 is 0.500 bits per heavy atom. The standard InChI is InChI=1S/2C4H8O2.4C3H5.Li.Sm/c2*1-2-6-4-3-5-1;4*1-3-2;;/h2*1-4H2;4*3H,1-2H2;;/q;;;;;;+1;. The molecule has 0 aliphatic carbocycles. The molecule has 0 aromatic rings. The monoisotopic (exact) mass is 499 g/mol. The maximum atomic E-state index is 4.94. The molecular weight excluding hydrogens is 462 g/mol. The number of ether oxygens (including phenoxy) is 4. The third-order valence-electron chi connectivity index (χ3n) is 1.49. The van der Waals surface area contributed by atoms with Crippen LogP contribution < -0.4 is 18.9 Å². The first kappa shape index (κ1) is 42.0. The van der Waals surface area contributed by atoms with E-state index in [-0.39, 0.29) is 59.2 Å². The van der Waals surface area contributed by atoms with Crippen molar-refractivity contribution in [1.82, 2.24) is 0 Å². The minimum Gasteiger partial charge on any atom is -0.377 e. The summed E-state index contributed by atoms with van der Waals surface area (Å²) in [5.41, 5.74) is 0. The molecule has 26 heavy (non-hydrogen) atoms. The molecule has 12 radical (unpaired) electrons. The van der Waals surface area contributed by atoms with Crippen molar-refractivity contribution in [2.45, 2.75) is 0 Å². The summed E-state index contributed by atoms with van der Waals surface area (Å²) < 4.78 is 19.8. The molecule has 2 aliphatic rings. The van der Waals surface area contributed by atoms with E-state index in [1.54, 1.807) is 0 Å². The molecule has 0 aromatic heterocycles. The fourth-order valence-corrected chi connectivity index (χ4v) is 0.880. The van der Waals surface area contributed by atoms with Crippen molar-refractivity contribution in [3.8, 4) is 0 Å². The van der Waals surface area contributed by atoms with Crippen LogP contribution in [0.3, 0.4) is 0 Å². The van der Waals surface area contributed by atoms with E-state index in [2.05, 4.69) is 55.4 Å². The van der Waals surface area contributed by atoms with E-state index in [1.807, 2.05) is 0 Å². The third-order valence-corrected chi connectivity index (χ3v) is 1.49. The number of hydrogen-bond donors (Lipinski definition) is 0. The van der Waals surface area contributed by atoms with Crippen LogP contribution in [0.25, 0.3) is 0 Å². The predicted molar refractivity (Wildman–Crippen MR) is 103 cm³/mol. The van der Waals surface area contributed by atoms with Gasteiger partial charge in [-0.2, -0.15) is 0 Å². The molecule has 146 valence electrons. The fourth-order valence-electron chi connectivity index (χ4n) is 0.880. The maximum absolute atomic E-state index is 4.94. The quantitative estimate of drug-likeness (QED) is 0.457. The first-order valence-electron chi connectivity index (χ1n) is 7.58. The van der Waals surface area contributed by atoms with Crippen molar-refractivity contribution in [3.63, 3.8) is 0 Å². The van der Waals surface area contributed by atoms with Crippen molar-refractivity contribution >= 4 is 0 Å². The van der Waals surface area contributed by atoms with Crippen molar-refractivity contribution in [3.05, 3.63) is 81.1 Å². The van der Waals surface area contributed by atoms with Crippen LogP contribution in [0.1, 0.15) is 0 Å². The Hall–Kier alpha value is 1.78. The van der Waals surface area contributed by atoms with Gasteiger partial charge in [0.1, 0.15) is 0 Å².